The van der Waals surface area contributed by atoms with Gasteiger partial charge in [-0.3, -0.25) is 9.55 Å². The zero-order valence-electron chi connectivity index (χ0n) is 5.32. The van der Waals surface area contributed by atoms with Gasteiger partial charge < -0.3 is 0 Å². The van der Waals surface area contributed by atoms with Gasteiger partial charge in [0.2, 0.25) is 0 Å². The Morgan fingerprint density at radius 3 is 1.45 bits per heavy atom. The van der Waals surface area contributed by atoms with Crippen LogP contribution in [0.4, 0.5) is 0 Å². The first kappa shape index (κ1) is 11.2. The molecule has 0 aromatic carbocycles. The van der Waals surface area contributed by atoms with E-state index in [1.807, 2.05) is 18.2 Å². The van der Waals surface area contributed by atoms with Gasteiger partial charge in [0.1, 0.15) is 0 Å². The van der Waals surface area contributed by atoms with Crippen LogP contribution in [-0.2, 0) is 4.57 Å². The maximum absolute atomic E-state index is 9.51. The van der Waals surface area contributed by atoms with E-state index in [1.54, 1.807) is 12.4 Å². The third-order valence-corrected chi connectivity index (χ3v) is 0.566. The van der Waals surface area contributed by atoms with Crippen LogP contribution in [0.5, 0.6) is 0 Å². The topological polar surface area (TPSA) is 30.0 Å². The van der Waals surface area contributed by atoms with Gasteiger partial charge in [0.05, 0.1) is 0 Å². The fraction of sp³-hybridized carbons (Fsp3) is 0. The lowest BCUT2D eigenvalue weighted by atomic mass is 10.5. The Morgan fingerprint density at radius 2 is 1.36 bits per heavy atom. The highest BCUT2D eigenvalue weighted by Gasteiger charge is 2.02. The molecule has 0 radical (unpaired) electrons. The number of hydrogen-bond acceptors (Lipinski definition) is 2. The highest BCUT2D eigenvalue weighted by Crippen LogP contribution is 2.61. The fourth-order valence-corrected chi connectivity index (χ4v) is 0.313. The first-order chi connectivity index (χ1) is 5.00. The number of aromatic nitrogens is 1. The summed E-state index contributed by atoms with van der Waals surface area (Å²) in [5, 5.41) is -3.22. The number of nitrogens with zero attached hydrogens (tertiary/aromatic N) is 1. The Kier molecular flexibility index (Phi) is 5.98. The molecule has 0 aliphatic heterocycles. The third kappa shape index (κ3) is 17.9. The highest BCUT2D eigenvalue weighted by atomic mass is 36.0. The number of rotatable bonds is 0. The standard InChI is InChI=1S/C5H5N.Cl3OP/c1-2-4-6-5-3-1;1-5(2,3)4/h1-5H;. The molecule has 62 valence electrons. The minimum Gasteiger partial charge on any atom is -0.271 e. The first-order valence-electron chi connectivity index (χ1n) is 2.54. The lowest BCUT2D eigenvalue weighted by Crippen LogP contribution is -1.58. The van der Waals surface area contributed by atoms with Crippen molar-refractivity contribution in [1.29, 1.82) is 0 Å². The van der Waals surface area contributed by atoms with E-state index in [9.17, 15) is 4.57 Å². The van der Waals surface area contributed by atoms with Crippen LogP contribution in [0.3, 0.4) is 0 Å². The molecule has 0 bridgehead atoms. The van der Waals surface area contributed by atoms with Gasteiger partial charge in [0, 0.05) is 12.4 Å². The van der Waals surface area contributed by atoms with Gasteiger partial charge in [-0.15, -0.1) is 0 Å². The molecule has 6 heteroatoms. The van der Waals surface area contributed by atoms with Crippen molar-refractivity contribution in [1.82, 2.24) is 4.98 Å². The van der Waals surface area contributed by atoms with E-state index < -0.39 is 5.20 Å². The maximum Gasteiger partial charge on any atom is 0.339 e. The molecule has 0 N–H and O–H groups in total. The average Bonchev–Trinajstić information content (AvgIpc) is 1.88. The van der Waals surface area contributed by atoms with E-state index >= 15 is 0 Å². The van der Waals surface area contributed by atoms with E-state index in [-0.39, 0.29) is 0 Å². The Morgan fingerprint density at radius 1 is 1.00 bits per heavy atom. The molecular formula is C5H5Cl3NOP. The SMILES string of the molecule is O=P(Cl)(Cl)Cl.c1ccncc1. The van der Waals surface area contributed by atoms with E-state index in [1.165, 1.54) is 0 Å². The molecule has 1 heterocycles. The zero-order chi connectivity index (χ0) is 8.74. The van der Waals surface area contributed by atoms with Crippen LogP contribution in [0.2, 0.25) is 0 Å². The summed E-state index contributed by atoms with van der Waals surface area (Å²) in [4.78, 5) is 3.78. The molecule has 0 saturated heterocycles. The third-order valence-electron chi connectivity index (χ3n) is 0.566. The van der Waals surface area contributed by atoms with Crippen LogP contribution >= 0.6 is 38.9 Å². The molecule has 0 amide bonds. The molecule has 0 unspecified atom stereocenters. The van der Waals surface area contributed by atoms with Gasteiger partial charge in [0.15, 0.2) is 0 Å². The van der Waals surface area contributed by atoms with Crippen LogP contribution < -0.4 is 0 Å². The Labute approximate surface area is 79.2 Å². The van der Waals surface area contributed by atoms with Gasteiger partial charge in [-0.2, -0.15) is 0 Å². The van der Waals surface area contributed by atoms with Gasteiger partial charge >= 0.3 is 5.20 Å². The average molecular weight is 232 g/mol. The first-order valence-corrected chi connectivity index (χ1v) is 6.96. The van der Waals surface area contributed by atoms with Gasteiger partial charge in [-0.25, -0.2) is 0 Å². The van der Waals surface area contributed by atoms with Crippen molar-refractivity contribution in [2.75, 3.05) is 0 Å². The van der Waals surface area contributed by atoms with Crippen molar-refractivity contribution in [2.24, 2.45) is 0 Å². The monoisotopic (exact) mass is 231 g/mol. The molecule has 11 heavy (non-hydrogen) atoms. The molecule has 0 atom stereocenters. The lowest BCUT2D eigenvalue weighted by Gasteiger charge is -1.74. The summed E-state index contributed by atoms with van der Waals surface area (Å²) in [5.74, 6) is 0. The summed E-state index contributed by atoms with van der Waals surface area (Å²) in [6.07, 6.45) is 3.50. The Hall–Kier alpha value is 0.250. The number of halogens is 3. The number of hydrogen-bond donors (Lipinski definition) is 0. The summed E-state index contributed by atoms with van der Waals surface area (Å²) < 4.78 is 9.51. The summed E-state index contributed by atoms with van der Waals surface area (Å²) >= 11 is 13.8. The van der Waals surface area contributed by atoms with Gasteiger partial charge in [0.25, 0.3) is 0 Å². The number of pyridine rings is 1. The van der Waals surface area contributed by atoms with Crippen molar-refractivity contribution in [3.8, 4) is 0 Å². The van der Waals surface area contributed by atoms with Crippen molar-refractivity contribution in [3.05, 3.63) is 30.6 Å². The van der Waals surface area contributed by atoms with Crippen LogP contribution in [0.15, 0.2) is 30.6 Å². The second-order valence-corrected chi connectivity index (χ2v) is 8.06. The molecule has 0 fully saturated rings. The van der Waals surface area contributed by atoms with E-state index in [0.717, 1.165) is 0 Å². The highest BCUT2D eigenvalue weighted by molar-refractivity contribution is 8.24. The van der Waals surface area contributed by atoms with E-state index in [4.69, 9.17) is 0 Å². The molecule has 2 nitrogen and oxygen atoms in total. The van der Waals surface area contributed by atoms with Crippen molar-refractivity contribution >= 4 is 38.9 Å². The normalized spacial score (nSPS) is 9.73. The predicted molar refractivity (Wildman–Crippen MR) is 49.4 cm³/mol. The van der Waals surface area contributed by atoms with Gasteiger partial charge in [-0.05, 0) is 45.9 Å². The molecule has 1 aromatic heterocycles. The van der Waals surface area contributed by atoms with Crippen LogP contribution in [-0.4, -0.2) is 4.98 Å². The Balaban J connectivity index is 0.000000187. The Bertz CT molecular complexity index is 189. The molecule has 0 saturated carbocycles. The van der Waals surface area contributed by atoms with E-state index in [0.29, 0.717) is 0 Å². The van der Waals surface area contributed by atoms with Crippen LogP contribution in [0, 0.1) is 0 Å². The maximum atomic E-state index is 9.51. The minimum absolute atomic E-state index is 1.75. The smallest absolute Gasteiger partial charge is 0.271 e. The van der Waals surface area contributed by atoms with E-state index in [2.05, 4.69) is 38.7 Å². The van der Waals surface area contributed by atoms with Crippen molar-refractivity contribution < 1.29 is 4.57 Å². The summed E-state index contributed by atoms with van der Waals surface area (Å²) in [6.45, 7) is 0. The minimum atomic E-state index is -3.22. The van der Waals surface area contributed by atoms with Crippen LogP contribution in [0.1, 0.15) is 0 Å². The zero-order valence-corrected chi connectivity index (χ0v) is 8.49. The van der Waals surface area contributed by atoms with Crippen molar-refractivity contribution in [2.45, 2.75) is 0 Å². The lowest BCUT2D eigenvalue weighted by molar-refractivity contribution is 0.600. The second kappa shape index (κ2) is 5.84. The molecule has 0 spiro atoms. The summed E-state index contributed by atoms with van der Waals surface area (Å²) in [7, 11) is 0. The molecule has 0 aliphatic carbocycles. The summed E-state index contributed by atoms with van der Waals surface area (Å²) in [6, 6.07) is 5.72. The molecule has 1 rings (SSSR count). The van der Waals surface area contributed by atoms with Gasteiger partial charge in [-0.1, -0.05) is 6.07 Å². The van der Waals surface area contributed by atoms with Crippen LogP contribution in [0.25, 0.3) is 0 Å². The summed E-state index contributed by atoms with van der Waals surface area (Å²) in [5.41, 5.74) is 0. The fourth-order valence-electron chi connectivity index (χ4n) is 0.313. The predicted octanol–water partition coefficient (Wildman–Crippen LogP) is 3.89. The van der Waals surface area contributed by atoms with Crippen molar-refractivity contribution in [3.63, 3.8) is 0 Å². The second-order valence-electron chi connectivity index (χ2n) is 1.42. The molecular weight excluding hydrogens is 227 g/mol. The quantitative estimate of drug-likeness (QED) is 0.635. The largest absolute Gasteiger partial charge is 0.339 e. The molecule has 1 aromatic rings. The molecule has 0 aliphatic rings.